The third-order valence-corrected chi connectivity index (χ3v) is 6.02. The molecule has 42 heavy (non-hydrogen) atoms. The van der Waals surface area contributed by atoms with E-state index >= 15 is 0 Å². The van der Waals surface area contributed by atoms with Gasteiger partial charge in [0.15, 0.2) is 0 Å². The van der Waals surface area contributed by atoms with Gasteiger partial charge in [0.1, 0.15) is 12.1 Å². The zero-order chi connectivity index (χ0) is 31.1. The molecule has 14 heteroatoms. The monoisotopic (exact) mass is 586 g/mol. The number of hydrogen-bond donors (Lipinski definition) is 6. The average Bonchev–Trinajstić information content (AvgIpc) is 2.91. The van der Waals surface area contributed by atoms with E-state index in [2.05, 4.69) is 10.6 Å². The number of aliphatic carboxylic acids is 4. The summed E-state index contributed by atoms with van der Waals surface area (Å²) in [7, 11) is 0. The van der Waals surface area contributed by atoms with Crippen LogP contribution in [0.1, 0.15) is 11.1 Å². The maximum atomic E-state index is 12.6. The van der Waals surface area contributed by atoms with Crippen molar-refractivity contribution in [3.05, 3.63) is 71.8 Å². The molecule has 2 rings (SSSR count). The molecular formula is C28H34N4O10. The molecule has 0 bridgehead atoms. The number of amides is 2. The van der Waals surface area contributed by atoms with Crippen LogP contribution in [0.3, 0.4) is 0 Å². The molecule has 0 spiro atoms. The van der Waals surface area contributed by atoms with Crippen molar-refractivity contribution in [2.75, 3.05) is 39.3 Å². The van der Waals surface area contributed by atoms with Crippen molar-refractivity contribution in [2.45, 2.75) is 24.9 Å². The van der Waals surface area contributed by atoms with Gasteiger partial charge in [-0.25, -0.2) is 9.59 Å². The Balaban J connectivity index is 2.01. The quantitative estimate of drug-likeness (QED) is 0.122. The molecule has 2 aromatic carbocycles. The number of rotatable bonds is 19. The molecule has 0 saturated carbocycles. The average molecular weight is 587 g/mol. The SMILES string of the molecule is O=C(O)CN(CCN(CC(=O)O)CC(=O)NC(Cc1ccccc1)C(=O)O)CC(=O)NC(Cc1ccccc1)C(=O)O. The molecule has 2 atom stereocenters. The Bertz CT molecular complexity index is 1130. The molecule has 226 valence electrons. The number of carboxylic acids is 4. The predicted molar refractivity (Wildman–Crippen MR) is 148 cm³/mol. The number of carbonyl (C=O) groups excluding carboxylic acids is 2. The lowest BCUT2D eigenvalue weighted by Gasteiger charge is -2.26. The Hall–Kier alpha value is -4.82. The van der Waals surface area contributed by atoms with Crippen LogP contribution in [-0.4, -0.2) is 117 Å². The number of carboxylic acid groups (broad SMARTS) is 4. The van der Waals surface area contributed by atoms with Crippen LogP contribution in [0, 0.1) is 0 Å². The second-order valence-corrected chi connectivity index (χ2v) is 9.50. The van der Waals surface area contributed by atoms with E-state index in [4.69, 9.17) is 0 Å². The molecule has 14 nitrogen and oxygen atoms in total. The number of nitrogens with zero attached hydrogens (tertiary/aromatic N) is 2. The minimum atomic E-state index is -1.28. The summed E-state index contributed by atoms with van der Waals surface area (Å²) in [6.07, 6.45) is 0.00785. The fourth-order valence-electron chi connectivity index (χ4n) is 4.08. The largest absolute Gasteiger partial charge is 0.480 e. The van der Waals surface area contributed by atoms with Crippen molar-refractivity contribution in [3.63, 3.8) is 0 Å². The summed E-state index contributed by atoms with van der Waals surface area (Å²) in [4.78, 5) is 73.8. The van der Waals surface area contributed by atoms with Crippen molar-refractivity contribution in [1.29, 1.82) is 0 Å². The standard InChI is InChI=1S/C28H34N4O10/c33-23(29-21(27(39)40)13-19-7-3-1-4-8-19)15-31(17-25(35)36)11-12-32(18-26(37)38)16-24(34)30-22(28(41)42)14-20-9-5-2-6-10-20/h1-10,21-22H,11-18H2,(H,29,33)(H,30,34)(H,35,36)(H,37,38)(H,39,40)(H,41,42). The van der Waals surface area contributed by atoms with Crippen LogP contribution in [0.25, 0.3) is 0 Å². The van der Waals surface area contributed by atoms with E-state index in [9.17, 15) is 49.2 Å². The molecule has 0 aliphatic heterocycles. The van der Waals surface area contributed by atoms with Crippen molar-refractivity contribution in [2.24, 2.45) is 0 Å². The van der Waals surface area contributed by atoms with Crippen LogP contribution in [0.5, 0.6) is 0 Å². The van der Waals surface area contributed by atoms with Gasteiger partial charge in [0.05, 0.1) is 26.2 Å². The summed E-state index contributed by atoms with van der Waals surface area (Å²) in [5, 5.41) is 42.4. The Morgan fingerprint density at radius 3 is 1.17 bits per heavy atom. The summed E-state index contributed by atoms with van der Waals surface area (Å²) in [5.41, 5.74) is 1.34. The van der Waals surface area contributed by atoms with E-state index in [1.807, 2.05) is 0 Å². The molecular weight excluding hydrogens is 552 g/mol. The summed E-state index contributed by atoms with van der Waals surface area (Å²) in [6, 6.07) is 14.7. The highest BCUT2D eigenvalue weighted by atomic mass is 16.4. The zero-order valence-corrected chi connectivity index (χ0v) is 22.7. The van der Waals surface area contributed by atoms with Gasteiger partial charge in [0.25, 0.3) is 0 Å². The first kappa shape index (κ1) is 33.4. The third-order valence-electron chi connectivity index (χ3n) is 6.02. The van der Waals surface area contributed by atoms with Gasteiger partial charge in [0.2, 0.25) is 11.8 Å². The fourth-order valence-corrected chi connectivity index (χ4v) is 4.08. The van der Waals surface area contributed by atoms with Crippen LogP contribution in [-0.2, 0) is 41.6 Å². The molecule has 0 fully saturated rings. The topological polar surface area (TPSA) is 214 Å². The lowest BCUT2D eigenvalue weighted by Crippen LogP contribution is -2.50. The molecule has 0 heterocycles. The van der Waals surface area contributed by atoms with Crippen LogP contribution in [0.2, 0.25) is 0 Å². The second-order valence-electron chi connectivity index (χ2n) is 9.50. The van der Waals surface area contributed by atoms with Gasteiger partial charge in [0, 0.05) is 25.9 Å². The van der Waals surface area contributed by atoms with Gasteiger partial charge in [-0.05, 0) is 11.1 Å². The summed E-state index contributed by atoms with van der Waals surface area (Å²) < 4.78 is 0. The Labute approximate surface area is 241 Å². The Morgan fingerprint density at radius 1 is 0.548 bits per heavy atom. The summed E-state index contributed by atoms with van der Waals surface area (Å²) >= 11 is 0. The minimum Gasteiger partial charge on any atom is -0.480 e. The molecule has 2 unspecified atom stereocenters. The first-order valence-electron chi connectivity index (χ1n) is 12.9. The number of hydrogen-bond acceptors (Lipinski definition) is 8. The normalized spacial score (nSPS) is 12.3. The molecule has 0 saturated heterocycles. The van der Waals surface area contributed by atoms with Gasteiger partial charge in [-0.2, -0.15) is 0 Å². The minimum absolute atomic E-state index is 0.00392. The van der Waals surface area contributed by atoms with Crippen LogP contribution < -0.4 is 10.6 Å². The van der Waals surface area contributed by atoms with Crippen molar-refractivity contribution in [3.8, 4) is 0 Å². The fraction of sp³-hybridized carbons (Fsp3) is 0.357. The first-order valence-corrected chi connectivity index (χ1v) is 12.9. The van der Waals surface area contributed by atoms with Gasteiger partial charge < -0.3 is 31.1 Å². The van der Waals surface area contributed by atoms with Gasteiger partial charge >= 0.3 is 23.9 Å². The van der Waals surface area contributed by atoms with E-state index < -0.39 is 74.0 Å². The summed E-state index contributed by atoms with van der Waals surface area (Å²) in [6.45, 7) is -2.57. The van der Waals surface area contributed by atoms with Crippen molar-refractivity contribution < 1.29 is 49.2 Å². The Morgan fingerprint density at radius 2 is 0.881 bits per heavy atom. The second kappa shape index (κ2) is 17.1. The molecule has 2 aromatic rings. The lowest BCUT2D eigenvalue weighted by molar-refractivity contribution is -0.143. The van der Waals surface area contributed by atoms with Crippen molar-refractivity contribution in [1.82, 2.24) is 20.4 Å². The highest BCUT2D eigenvalue weighted by Crippen LogP contribution is 2.05. The van der Waals surface area contributed by atoms with Crippen LogP contribution >= 0.6 is 0 Å². The maximum absolute atomic E-state index is 12.6. The smallest absolute Gasteiger partial charge is 0.326 e. The highest BCUT2D eigenvalue weighted by molar-refractivity contribution is 5.86. The van der Waals surface area contributed by atoms with Crippen LogP contribution in [0.15, 0.2) is 60.7 Å². The number of nitrogens with one attached hydrogen (secondary N) is 2. The van der Waals surface area contributed by atoms with Crippen LogP contribution in [0.4, 0.5) is 0 Å². The van der Waals surface area contributed by atoms with E-state index in [1.54, 1.807) is 60.7 Å². The van der Waals surface area contributed by atoms with E-state index in [-0.39, 0.29) is 25.9 Å². The molecule has 2 amide bonds. The van der Waals surface area contributed by atoms with Crippen molar-refractivity contribution >= 4 is 35.7 Å². The maximum Gasteiger partial charge on any atom is 0.326 e. The zero-order valence-electron chi connectivity index (χ0n) is 22.7. The first-order chi connectivity index (χ1) is 19.9. The predicted octanol–water partition coefficient (Wildman–Crippen LogP) is -0.616. The lowest BCUT2D eigenvalue weighted by atomic mass is 10.1. The molecule has 0 aromatic heterocycles. The van der Waals surface area contributed by atoms with Gasteiger partial charge in [-0.1, -0.05) is 60.7 Å². The number of benzene rings is 2. The van der Waals surface area contributed by atoms with E-state index in [1.165, 1.54) is 9.80 Å². The van der Waals surface area contributed by atoms with Gasteiger partial charge in [-0.3, -0.25) is 29.0 Å². The molecule has 0 aliphatic rings. The third kappa shape index (κ3) is 13.0. The molecule has 6 N–H and O–H groups in total. The highest BCUT2D eigenvalue weighted by Gasteiger charge is 2.25. The summed E-state index contributed by atoms with van der Waals surface area (Å²) in [5.74, 6) is -6.63. The van der Waals surface area contributed by atoms with E-state index in [0.29, 0.717) is 11.1 Å². The molecule has 0 radical (unpaired) electrons. The van der Waals surface area contributed by atoms with Gasteiger partial charge in [-0.15, -0.1) is 0 Å². The molecule has 0 aliphatic carbocycles. The Kier molecular flexibility index (Phi) is 13.6. The van der Waals surface area contributed by atoms with E-state index in [0.717, 1.165) is 0 Å². The number of carbonyl (C=O) groups is 6.